The maximum Gasteiger partial charge on any atom is 0.318 e. The Morgan fingerprint density at radius 3 is 2.53 bits per heavy atom. The van der Waals surface area contributed by atoms with Crippen LogP contribution in [0.2, 0.25) is 0 Å². The van der Waals surface area contributed by atoms with Gasteiger partial charge in [0.15, 0.2) is 0 Å². The van der Waals surface area contributed by atoms with Gasteiger partial charge in [0.05, 0.1) is 18.2 Å². The number of rotatable bonds is 4. The zero-order valence-electron chi connectivity index (χ0n) is 9.56. The second-order valence-corrected chi connectivity index (χ2v) is 4.24. The van der Waals surface area contributed by atoms with E-state index in [1.54, 1.807) is 18.9 Å². The molecule has 3 N–H and O–H groups in total. The molecule has 0 amide bonds. The highest BCUT2D eigenvalue weighted by molar-refractivity contribution is 5.27. The molecule has 0 aliphatic heterocycles. The van der Waals surface area contributed by atoms with Gasteiger partial charge in [0.2, 0.25) is 5.89 Å². The monoisotopic (exact) mass is 214 g/mol. The van der Waals surface area contributed by atoms with E-state index in [1.807, 2.05) is 13.8 Å². The first-order valence-electron chi connectivity index (χ1n) is 4.82. The molecular formula is C9H18N4O2. The molecule has 0 aromatic carbocycles. The number of anilines is 1. The number of nitrogens with zero attached hydrogens (tertiary/aromatic N) is 3. The van der Waals surface area contributed by atoms with E-state index in [1.165, 1.54) is 0 Å². The fraction of sp³-hybridized carbons (Fsp3) is 0.778. The molecule has 1 unspecified atom stereocenters. The van der Waals surface area contributed by atoms with Crippen LogP contribution in [0.3, 0.4) is 0 Å². The van der Waals surface area contributed by atoms with Crippen molar-refractivity contribution in [3.63, 3.8) is 0 Å². The molecule has 6 heteroatoms. The molecule has 0 spiro atoms. The van der Waals surface area contributed by atoms with Crippen LogP contribution < -0.4 is 10.6 Å². The van der Waals surface area contributed by atoms with Crippen LogP contribution >= 0.6 is 0 Å². The molecule has 0 aliphatic carbocycles. The number of aliphatic hydroxyl groups is 1. The van der Waals surface area contributed by atoms with Crippen molar-refractivity contribution in [3.8, 4) is 0 Å². The summed E-state index contributed by atoms with van der Waals surface area (Å²) in [5.41, 5.74) is 5.16. The van der Waals surface area contributed by atoms with Gasteiger partial charge >= 0.3 is 6.01 Å². The molecule has 15 heavy (non-hydrogen) atoms. The SMILES string of the molecule is CC(N)c1nnc(N(C)C(C)(C)CO)o1. The van der Waals surface area contributed by atoms with Gasteiger partial charge in [-0.2, -0.15) is 0 Å². The largest absolute Gasteiger partial charge is 0.406 e. The van der Waals surface area contributed by atoms with Gasteiger partial charge in [-0.15, -0.1) is 5.10 Å². The molecule has 0 radical (unpaired) electrons. The highest BCUT2D eigenvalue weighted by Crippen LogP contribution is 2.21. The number of likely N-dealkylation sites (N-methyl/N-ethyl adjacent to an activating group) is 1. The smallest absolute Gasteiger partial charge is 0.318 e. The first-order valence-corrected chi connectivity index (χ1v) is 4.82. The van der Waals surface area contributed by atoms with E-state index < -0.39 is 5.54 Å². The lowest BCUT2D eigenvalue weighted by Gasteiger charge is -2.31. The standard InChI is InChI=1S/C9H18N4O2/c1-6(10)7-11-12-8(15-7)13(4)9(2,3)5-14/h6,14H,5,10H2,1-4H3. The van der Waals surface area contributed by atoms with Crippen molar-refractivity contribution >= 4 is 6.01 Å². The summed E-state index contributed by atoms with van der Waals surface area (Å²) in [5, 5.41) is 16.9. The minimum absolute atomic E-state index is 0.000603. The van der Waals surface area contributed by atoms with Gasteiger partial charge < -0.3 is 20.2 Å². The Morgan fingerprint density at radius 1 is 1.53 bits per heavy atom. The first-order chi connectivity index (χ1) is 6.88. The molecule has 1 heterocycles. The number of nitrogens with two attached hydrogens (primary N) is 1. The highest BCUT2D eigenvalue weighted by Gasteiger charge is 2.27. The Balaban J connectivity index is 2.87. The second kappa shape index (κ2) is 4.16. The van der Waals surface area contributed by atoms with Crippen molar-refractivity contribution in [2.45, 2.75) is 32.4 Å². The van der Waals surface area contributed by atoms with Crippen molar-refractivity contribution < 1.29 is 9.52 Å². The average Bonchev–Trinajstić information content (AvgIpc) is 2.65. The van der Waals surface area contributed by atoms with E-state index in [-0.39, 0.29) is 12.6 Å². The van der Waals surface area contributed by atoms with E-state index in [9.17, 15) is 5.11 Å². The van der Waals surface area contributed by atoms with E-state index in [0.717, 1.165) is 0 Å². The van der Waals surface area contributed by atoms with Crippen LogP contribution in [0, 0.1) is 0 Å². The average molecular weight is 214 g/mol. The summed E-state index contributed by atoms with van der Waals surface area (Å²) < 4.78 is 5.36. The van der Waals surface area contributed by atoms with Crippen LogP contribution in [0.25, 0.3) is 0 Å². The second-order valence-electron chi connectivity index (χ2n) is 4.24. The van der Waals surface area contributed by atoms with Gasteiger partial charge in [0, 0.05) is 7.05 Å². The number of hydrogen-bond donors (Lipinski definition) is 2. The Kier molecular flexibility index (Phi) is 3.31. The summed E-state index contributed by atoms with van der Waals surface area (Å²) in [4.78, 5) is 1.73. The molecule has 1 rings (SSSR count). The Morgan fingerprint density at radius 2 is 2.13 bits per heavy atom. The molecular weight excluding hydrogens is 196 g/mol. The molecule has 1 aromatic rings. The van der Waals surface area contributed by atoms with Gasteiger partial charge in [-0.1, -0.05) is 5.10 Å². The normalized spacial score (nSPS) is 14.0. The molecule has 0 aliphatic rings. The van der Waals surface area contributed by atoms with E-state index in [4.69, 9.17) is 10.2 Å². The third-order valence-corrected chi connectivity index (χ3v) is 2.40. The fourth-order valence-electron chi connectivity index (χ4n) is 0.911. The predicted molar refractivity (Wildman–Crippen MR) is 56.5 cm³/mol. The zero-order chi connectivity index (χ0) is 11.6. The van der Waals surface area contributed by atoms with Crippen molar-refractivity contribution in [3.05, 3.63) is 5.89 Å². The Labute approximate surface area is 89.1 Å². The molecule has 86 valence electrons. The molecule has 1 atom stereocenters. The third kappa shape index (κ3) is 2.45. The number of hydrogen-bond acceptors (Lipinski definition) is 6. The lowest BCUT2D eigenvalue weighted by atomic mass is 10.1. The molecule has 6 nitrogen and oxygen atoms in total. The molecule has 0 bridgehead atoms. The van der Waals surface area contributed by atoms with E-state index in [0.29, 0.717) is 11.9 Å². The van der Waals surface area contributed by atoms with Crippen molar-refractivity contribution in [1.82, 2.24) is 10.2 Å². The summed E-state index contributed by atoms with van der Waals surface area (Å²) in [6.45, 7) is 5.53. The van der Waals surface area contributed by atoms with E-state index >= 15 is 0 Å². The minimum Gasteiger partial charge on any atom is -0.406 e. The van der Waals surface area contributed by atoms with Gasteiger partial charge in [0.25, 0.3) is 0 Å². The molecule has 0 saturated carbocycles. The maximum absolute atomic E-state index is 9.19. The first kappa shape index (κ1) is 11.9. The van der Waals surface area contributed by atoms with Gasteiger partial charge in [-0.25, -0.2) is 0 Å². The van der Waals surface area contributed by atoms with Gasteiger partial charge in [0.1, 0.15) is 0 Å². The summed E-state index contributed by atoms with van der Waals surface area (Å²) in [6, 6.07) is 0.0817. The summed E-state index contributed by atoms with van der Waals surface area (Å²) >= 11 is 0. The summed E-state index contributed by atoms with van der Waals surface area (Å²) in [5.74, 6) is 0.394. The number of aliphatic hydroxyl groups excluding tert-OH is 1. The number of aromatic nitrogens is 2. The lowest BCUT2D eigenvalue weighted by Crippen LogP contribution is -2.44. The fourth-order valence-corrected chi connectivity index (χ4v) is 0.911. The Bertz CT molecular complexity index is 322. The van der Waals surface area contributed by atoms with Crippen LogP contribution in [0.5, 0.6) is 0 Å². The molecule has 0 fully saturated rings. The molecule has 0 saturated heterocycles. The van der Waals surface area contributed by atoms with Gasteiger partial charge in [-0.05, 0) is 20.8 Å². The highest BCUT2D eigenvalue weighted by atomic mass is 16.4. The minimum atomic E-state index is -0.443. The van der Waals surface area contributed by atoms with Gasteiger partial charge in [-0.3, -0.25) is 0 Å². The zero-order valence-corrected chi connectivity index (χ0v) is 9.56. The van der Waals surface area contributed by atoms with E-state index in [2.05, 4.69) is 10.2 Å². The van der Waals surface area contributed by atoms with Crippen LogP contribution in [0.15, 0.2) is 4.42 Å². The van der Waals surface area contributed by atoms with Crippen LogP contribution in [0.1, 0.15) is 32.7 Å². The van der Waals surface area contributed by atoms with Crippen molar-refractivity contribution in [1.29, 1.82) is 0 Å². The third-order valence-electron chi connectivity index (χ3n) is 2.40. The van der Waals surface area contributed by atoms with Crippen molar-refractivity contribution in [2.75, 3.05) is 18.6 Å². The van der Waals surface area contributed by atoms with Crippen LogP contribution in [-0.2, 0) is 0 Å². The molecule has 1 aromatic heterocycles. The van der Waals surface area contributed by atoms with Crippen molar-refractivity contribution in [2.24, 2.45) is 5.73 Å². The predicted octanol–water partition coefficient (Wildman–Crippen LogP) is 0.296. The lowest BCUT2D eigenvalue weighted by molar-refractivity contribution is 0.211. The topological polar surface area (TPSA) is 88.4 Å². The van der Waals surface area contributed by atoms with Crippen LogP contribution in [0.4, 0.5) is 6.01 Å². The maximum atomic E-state index is 9.19. The Hall–Kier alpha value is -1.14. The summed E-state index contributed by atoms with van der Waals surface area (Å²) in [7, 11) is 1.79. The van der Waals surface area contributed by atoms with Crippen LogP contribution in [-0.4, -0.2) is 34.5 Å². The summed E-state index contributed by atoms with van der Waals surface area (Å²) in [6.07, 6.45) is 0. The quantitative estimate of drug-likeness (QED) is 0.749.